The van der Waals surface area contributed by atoms with Gasteiger partial charge in [0.1, 0.15) is 5.54 Å². The lowest BCUT2D eigenvalue weighted by Gasteiger charge is -2.34. The molecule has 1 saturated carbocycles. The van der Waals surface area contributed by atoms with E-state index < -0.39 is 5.54 Å². The van der Waals surface area contributed by atoms with Crippen LogP contribution in [-0.2, 0) is 9.53 Å². The second-order valence-electron chi connectivity index (χ2n) is 6.26. The van der Waals surface area contributed by atoms with Crippen LogP contribution in [0.1, 0.15) is 32.6 Å². The van der Waals surface area contributed by atoms with Gasteiger partial charge in [-0.15, -0.1) is 0 Å². The van der Waals surface area contributed by atoms with Crippen LogP contribution >= 0.6 is 0 Å². The molecule has 0 bridgehead atoms. The Labute approximate surface area is 133 Å². The highest BCUT2D eigenvalue weighted by Crippen LogP contribution is 2.28. The first-order chi connectivity index (χ1) is 10.7. The van der Waals surface area contributed by atoms with Gasteiger partial charge in [-0.2, -0.15) is 5.26 Å². The van der Waals surface area contributed by atoms with E-state index in [1.165, 1.54) is 0 Å². The summed E-state index contributed by atoms with van der Waals surface area (Å²) in [7, 11) is 0. The predicted octanol–water partition coefficient (Wildman–Crippen LogP) is 0.593. The molecule has 0 unspecified atom stereocenters. The summed E-state index contributed by atoms with van der Waals surface area (Å²) < 4.78 is 5.38. The van der Waals surface area contributed by atoms with Crippen LogP contribution in [-0.4, -0.2) is 73.7 Å². The molecule has 1 saturated heterocycles. The van der Waals surface area contributed by atoms with E-state index in [2.05, 4.69) is 21.2 Å². The van der Waals surface area contributed by atoms with Gasteiger partial charge in [-0.25, -0.2) is 0 Å². The summed E-state index contributed by atoms with van der Waals surface area (Å²) >= 11 is 0. The van der Waals surface area contributed by atoms with Crippen LogP contribution < -0.4 is 5.32 Å². The number of nitriles is 1. The molecular weight excluding hydrogens is 280 g/mol. The highest BCUT2D eigenvalue weighted by Gasteiger charge is 2.35. The molecule has 1 amide bonds. The van der Waals surface area contributed by atoms with Crippen molar-refractivity contribution in [2.75, 3.05) is 52.5 Å². The lowest BCUT2D eigenvalue weighted by Crippen LogP contribution is -2.53. The van der Waals surface area contributed by atoms with Gasteiger partial charge in [0.2, 0.25) is 5.91 Å². The Morgan fingerprint density at radius 1 is 1.23 bits per heavy atom. The van der Waals surface area contributed by atoms with Crippen LogP contribution in [0.4, 0.5) is 0 Å². The smallest absolute Gasteiger partial charge is 0.235 e. The first kappa shape index (κ1) is 17.2. The molecule has 1 heterocycles. The Kier molecular flexibility index (Phi) is 6.62. The van der Waals surface area contributed by atoms with E-state index in [4.69, 9.17) is 4.74 Å². The Balaban J connectivity index is 1.67. The number of rotatable bonds is 7. The fourth-order valence-corrected chi connectivity index (χ4v) is 3.26. The minimum absolute atomic E-state index is 0.00813. The zero-order valence-corrected chi connectivity index (χ0v) is 13.6. The van der Waals surface area contributed by atoms with Crippen LogP contribution in [0.2, 0.25) is 0 Å². The molecule has 2 rings (SSSR count). The molecule has 0 spiro atoms. The molecule has 6 heteroatoms. The summed E-state index contributed by atoms with van der Waals surface area (Å²) in [4.78, 5) is 16.7. The van der Waals surface area contributed by atoms with Crippen molar-refractivity contribution >= 4 is 5.91 Å². The Bertz CT molecular complexity index is 393. The minimum Gasteiger partial charge on any atom is -0.380 e. The number of carbonyl (C=O) groups is 1. The van der Waals surface area contributed by atoms with Crippen LogP contribution in [0.5, 0.6) is 0 Å². The van der Waals surface area contributed by atoms with Crippen molar-refractivity contribution in [1.29, 1.82) is 5.26 Å². The summed E-state index contributed by atoms with van der Waals surface area (Å²) in [5, 5.41) is 12.3. The number of amides is 1. The van der Waals surface area contributed by atoms with E-state index in [0.29, 0.717) is 6.54 Å². The molecule has 22 heavy (non-hydrogen) atoms. The van der Waals surface area contributed by atoms with E-state index in [1.54, 1.807) is 0 Å². The zero-order chi connectivity index (χ0) is 15.8. The monoisotopic (exact) mass is 308 g/mol. The molecule has 0 aromatic rings. The number of nitrogens with zero attached hydrogens (tertiary/aromatic N) is 3. The van der Waals surface area contributed by atoms with Gasteiger partial charge in [0.05, 0.1) is 19.2 Å². The topological polar surface area (TPSA) is 68.6 Å². The number of hydrogen-bond acceptors (Lipinski definition) is 5. The Hall–Kier alpha value is -1.16. The first-order valence-corrected chi connectivity index (χ1v) is 8.42. The standard InChI is InChI=1S/C16H28N4O2/c1-2-22-12-11-19-7-9-20(10-8-19)13-15(21)18-16(14-17)5-3-4-6-16/h2-13H2,1H3,(H,18,21). The van der Waals surface area contributed by atoms with Crippen molar-refractivity contribution in [3.05, 3.63) is 0 Å². The highest BCUT2D eigenvalue weighted by atomic mass is 16.5. The summed E-state index contributed by atoms with van der Waals surface area (Å²) in [6.45, 7) is 8.68. The van der Waals surface area contributed by atoms with Crippen molar-refractivity contribution in [2.45, 2.75) is 38.1 Å². The fraction of sp³-hybridized carbons (Fsp3) is 0.875. The Morgan fingerprint density at radius 2 is 1.86 bits per heavy atom. The number of hydrogen-bond donors (Lipinski definition) is 1. The van der Waals surface area contributed by atoms with Gasteiger partial charge in [-0.05, 0) is 32.6 Å². The average Bonchev–Trinajstić information content (AvgIpc) is 2.98. The minimum atomic E-state index is -0.601. The van der Waals surface area contributed by atoms with Gasteiger partial charge < -0.3 is 10.1 Å². The van der Waals surface area contributed by atoms with Crippen LogP contribution in [0.25, 0.3) is 0 Å². The average molecular weight is 308 g/mol. The number of ether oxygens (including phenoxy) is 1. The fourth-order valence-electron chi connectivity index (χ4n) is 3.26. The molecule has 6 nitrogen and oxygen atoms in total. The third-order valence-electron chi connectivity index (χ3n) is 4.64. The second kappa shape index (κ2) is 8.47. The van der Waals surface area contributed by atoms with Crippen molar-refractivity contribution in [3.8, 4) is 6.07 Å². The van der Waals surface area contributed by atoms with Crippen molar-refractivity contribution in [1.82, 2.24) is 15.1 Å². The van der Waals surface area contributed by atoms with Gasteiger partial charge in [-0.3, -0.25) is 14.6 Å². The lowest BCUT2D eigenvalue weighted by molar-refractivity contribution is -0.124. The van der Waals surface area contributed by atoms with E-state index in [9.17, 15) is 10.1 Å². The zero-order valence-electron chi connectivity index (χ0n) is 13.6. The molecule has 1 N–H and O–H groups in total. The molecule has 0 radical (unpaired) electrons. The maximum absolute atomic E-state index is 12.2. The van der Waals surface area contributed by atoms with Gasteiger partial charge in [0, 0.05) is 39.3 Å². The molecule has 1 aliphatic heterocycles. The molecule has 0 aromatic carbocycles. The Morgan fingerprint density at radius 3 is 2.45 bits per heavy atom. The normalized spacial score (nSPS) is 22.4. The van der Waals surface area contributed by atoms with E-state index in [-0.39, 0.29) is 5.91 Å². The lowest BCUT2D eigenvalue weighted by atomic mass is 10.00. The SMILES string of the molecule is CCOCCN1CCN(CC(=O)NC2(C#N)CCCC2)CC1. The highest BCUT2D eigenvalue weighted by molar-refractivity contribution is 5.79. The third kappa shape index (κ3) is 4.94. The molecule has 2 fully saturated rings. The number of piperazine rings is 1. The summed E-state index contributed by atoms with van der Waals surface area (Å²) in [5.74, 6) is -0.00813. The molecule has 1 aliphatic carbocycles. The van der Waals surface area contributed by atoms with Gasteiger partial charge in [0.15, 0.2) is 0 Å². The van der Waals surface area contributed by atoms with E-state index in [0.717, 1.165) is 71.6 Å². The van der Waals surface area contributed by atoms with Gasteiger partial charge >= 0.3 is 0 Å². The maximum atomic E-state index is 12.2. The van der Waals surface area contributed by atoms with E-state index in [1.807, 2.05) is 6.92 Å². The largest absolute Gasteiger partial charge is 0.380 e. The molecular formula is C16H28N4O2. The van der Waals surface area contributed by atoms with Crippen LogP contribution in [0.15, 0.2) is 0 Å². The van der Waals surface area contributed by atoms with Crippen molar-refractivity contribution in [3.63, 3.8) is 0 Å². The first-order valence-electron chi connectivity index (χ1n) is 8.42. The third-order valence-corrected chi connectivity index (χ3v) is 4.64. The number of carbonyl (C=O) groups excluding carboxylic acids is 1. The maximum Gasteiger partial charge on any atom is 0.235 e. The molecule has 0 atom stereocenters. The quantitative estimate of drug-likeness (QED) is 0.697. The summed E-state index contributed by atoms with van der Waals surface area (Å²) in [6, 6.07) is 2.31. The predicted molar refractivity (Wildman–Crippen MR) is 84.3 cm³/mol. The van der Waals surface area contributed by atoms with Crippen LogP contribution in [0, 0.1) is 11.3 Å². The summed E-state index contributed by atoms with van der Waals surface area (Å²) in [6.07, 6.45) is 3.65. The van der Waals surface area contributed by atoms with Gasteiger partial charge in [-0.1, -0.05) is 0 Å². The number of nitrogens with one attached hydrogen (secondary N) is 1. The van der Waals surface area contributed by atoms with Crippen molar-refractivity contribution in [2.24, 2.45) is 0 Å². The summed E-state index contributed by atoms with van der Waals surface area (Å²) in [5.41, 5.74) is -0.601. The van der Waals surface area contributed by atoms with E-state index >= 15 is 0 Å². The molecule has 124 valence electrons. The molecule has 2 aliphatic rings. The molecule has 0 aromatic heterocycles. The second-order valence-corrected chi connectivity index (χ2v) is 6.26. The van der Waals surface area contributed by atoms with Crippen LogP contribution in [0.3, 0.4) is 0 Å². The van der Waals surface area contributed by atoms with Crippen molar-refractivity contribution < 1.29 is 9.53 Å². The van der Waals surface area contributed by atoms with Gasteiger partial charge in [0.25, 0.3) is 0 Å².